The van der Waals surface area contributed by atoms with E-state index in [9.17, 15) is 9.59 Å². The summed E-state index contributed by atoms with van der Waals surface area (Å²) in [5.74, 6) is 0.649. The van der Waals surface area contributed by atoms with Gasteiger partial charge in [-0.25, -0.2) is 4.79 Å². The Morgan fingerprint density at radius 1 is 1.00 bits per heavy atom. The molecule has 160 valence electrons. The average molecular weight is 411 g/mol. The van der Waals surface area contributed by atoms with Crippen LogP contribution in [0, 0.1) is 5.92 Å². The maximum Gasteiger partial charge on any atom is 0.338 e. The molecule has 30 heavy (non-hydrogen) atoms. The molecule has 1 N–H and O–H groups in total. The predicted octanol–water partition coefficient (Wildman–Crippen LogP) is 4.13. The third kappa shape index (κ3) is 6.51. The Hall–Kier alpha value is -3.02. The second kappa shape index (κ2) is 11.2. The molecule has 0 atom stereocenters. The minimum atomic E-state index is -0.573. The fourth-order valence-electron chi connectivity index (χ4n) is 3.56. The molecule has 6 nitrogen and oxygen atoms in total. The quantitative estimate of drug-likeness (QED) is 0.628. The molecule has 0 radical (unpaired) electrons. The van der Waals surface area contributed by atoms with E-state index < -0.39 is 5.97 Å². The molecule has 2 aromatic carbocycles. The number of methoxy groups -OCH3 is 1. The SMILES string of the molecule is COc1cc(C(=O)OCC(=O)NCC2CCCCC2)ccc1OCc1ccccc1. The van der Waals surface area contributed by atoms with Crippen molar-refractivity contribution in [1.29, 1.82) is 0 Å². The van der Waals surface area contributed by atoms with E-state index in [0.717, 1.165) is 18.4 Å². The number of carbonyl (C=O) groups excluding carboxylic acids is 2. The molecule has 1 amide bonds. The molecule has 0 aromatic heterocycles. The molecule has 2 aromatic rings. The highest BCUT2D eigenvalue weighted by Gasteiger charge is 2.16. The number of carbonyl (C=O) groups is 2. The highest BCUT2D eigenvalue weighted by Crippen LogP contribution is 2.29. The summed E-state index contributed by atoms with van der Waals surface area (Å²) in [7, 11) is 1.51. The van der Waals surface area contributed by atoms with Gasteiger partial charge in [0, 0.05) is 6.54 Å². The Kier molecular flexibility index (Phi) is 8.12. The van der Waals surface area contributed by atoms with Crippen LogP contribution in [0.3, 0.4) is 0 Å². The van der Waals surface area contributed by atoms with Gasteiger partial charge in [-0.3, -0.25) is 4.79 Å². The van der Waals surface area contributed by atoms with Crippen molar-refractivity contribution in [2.45, 2.75) is 38.7 Å². The lowest BCUT2D eigenvalue weighted by molar-refractivity contribution is -0.124. The lowest BCUT2D eigenvalue weighted by atomic mass is 9.89. The average Bonchev–Trinajstić information content (AvgIpc) is 2.81. The number of nitrogens with one attached hydrogen (secondary N) is 1. The lowest BCUT2D eigenvalue weighted by Crippen LogP contribution is -2.33. The largest absolute Gasteiger partial charge is 0.493 e. The number of esters is 1. The highest BCUT2D eigenvalue weighted by molar-refractivity contribution is 5.92. The van der Waals surface area contributed by atoms with Gasteiger partial charge in [-0.15, -0.1) is 0 Å². The van der Waals surface area contributed by atoms with Crippen molar-refractivity contribution in [3.05, 3.63) is 59.7 Å². The smallest absolute Gasteiger partial charge is 0.338 e. The van der Waals surface area contributed by atoms with Gasteiger partial charge in [0.1, 0.15) is 6.61 Å². The standard InChI is InChI=1S/C24H29NO5/c1-28-22-14-20(12-13-21(22)29-16-19-10-6-3-7-11-19)24(27)30-17-23(26)25-15-18-8-4-2-5-9-18/h3,6-7,10-14,18H,2,4-5,8-9,15-17H2,1H3,(H,25,26). The third-order valence-corrected chi connectivity index (χ3v) is 5.28. The second-order valence-corrected chi connectivity index (χ2v) is 7.52. The molecule has 0 bridgehead atoms. The summed E-state index contributed by atoms with van der Waals surface area (Å²) >= 11 is 0. The van der Waals surface area contributed by atoms with Gasteiger partial charge < -0.3 is 19.5 Å². The normalized spacial score (nSPS) is 14.0. The van der Waals surface area contributed by atoms with E-state index in [1.165, 1.54) is 26.4 Å². The van der Waals surface area contributed by atoms with Crippen LogP contribution in [-0.4, -0.2) is 32.1 Å². The molecular formula is C24H29NO5. The zero-order valence-electron chi connectivity index (χ0n) is 17.4. The fourth-order valence-corrected chi connectivity index (χ4v) is 3.56. The first-order chi connectivity index (χ1) is 14.7. The monoisotopic (exact) mass is 411 g/mol. The van der Waals surface area contributed by atoms with Gasteiger partial charge in [0.2, 0.25) is 0 Å². The highest BCUT2D eigenvalue weighted by atomic mass is 16.5. The van der Waals surface area contributed by atoms with Gasteiger partial charge in [0.05, 0.1) is 12.7 Å². The molecule has 1 aliphatic carbocycles. The van der Waals surface area contributed by atoms with Gasteiger partial charge in [0.25, 0.3) is 5.91 Å². The van der Waals surface area contributed by atoms with Crippen LogP contribution in [-0.2, 0) is 16.1 Å². The Morgan fingerprint density at radius 3 is 2.50 bits per heavy atom. The van der Waals surface area contributed by atoms with Gasteiger partial charge in [-0.1, -0.05) is 49.6 Å². The molecule has 1 fully saturated rings. The Balaban J connectivity index is 1.48. The van der Waals surface area contributed by atoms with Crippen LogP contribution in [0.5, 0.6) is 11.5 Å². The molecule has 0 saturated heterocycles. The first-order valence-electron chi connectivity index (χ1n) is 10.4. The van der Waals surface area contributed by atoms with E-state index in [2.05, 4.69) is 5.32 Å². The maximum atomic E-state index is 12.3. The van der Waals surface area contributed by atoms with Crippen LogP contribution in [0.1, 0.15) is 48.0 Å². The molecule has 0 heterocycles. The number of amides is 1. The maximum absolute atomic E-state index is 12.3. The van der Waals surface area contributed by atoms with Crippen LogP contribution < -0.4 is 14.8 Å². The van der Waals surface area contributed by atoms with Crippen molar-refractivity contribution >= 4 is 11.9 Å². The van der Waals surface area contributed by atoms with E-state index in [0.29, 0.717) is 36.1 Å². The molecule has 0 unspecified atom stereocenters. The molecule has 0 spiro atoms. The van der Waals surface area contributed by atoms with Crippen molar-refractivity contribution in [3.8, 4) is 11.5 Å². The van der Waals surface area contributed by atoms with Crippen LogP contribution in [0.25, 0.3) is 0 Å². The number of benzene rings is 2. The van der Waals surface area contributed by atoms with Crippen LogP contribution in [0.15, 0.2) is 48.5 Å². The molecule has 6 heteroatoms. The van der Waals surface area contributed by atoms with Gasteiger partial charge in [0.15, 0.2) is 18.1 Å². The first-order valence-corrected chi connectivity index (χ1v) is 10.4. The lowest BCUT2D eigenvalue weighted by Gasteiger charge is -2.21. The minimum absolute atomic E-state index is 0.274. The predicted molar refractivity (Wildman–Crippen MR) is 114 cm³/mol. The van der Waals surface area contributed by atoms with Crippen molar-refractivity contribution in [1.82, 2.24) is 5.32 Å². The van der Waals surface area contributed by atoms with E-state index in [1.807, 2.05) is 30.3 Å². The zero-order valence-corrected chi connectivity index (χ0v) is 17.4. The summed E-state index contributed by atoms with van der Waals surface area (Å²) in [6.07, 6.45) is 6.03. The molecular weight excluding hydrogens is 382 g/mol. The van der Waals surface area contributed by atoms with E-state index in [1.54, 1.807) is 18.2 Å². The van der Waals surface area contributed by atoms with Crippen LogP contribution >= 0.6 is 0 Å². The third-order valence-electron chi connectivity index (χ3n) is 5.28. The number of ether oxygens (including phenoxy) is 3. The van der Waals surface area contributed by atoms with E-state index in [-0.39, 0.29) is 12.5 Å². The summed E-state index contributed by atoms with van der Waals surface area (Å²) in [5, 5.41) is 2.86. The molecule has 1 saturated carbocycles. The number of hydrogen-bond donors (Lipinski definition) is 1. The van der Waals surface area contributed by atoms with Gasteiger partial charge >= 0.3 is 5.97 Å². The van der Waals surface area contributed by atoms with Crippen molar-refractivity contribution in [2.24, 2.45) is 5.92 Å². The number of hydrogen-bond acceptors (Lipinski definition) is 5. The van der Waals surface area contributed by atoms with Crippen molar-refractivity contribution in [3.63, 3.8) is 0 Å². The molecule has 1 aliphatic rings. The summed E-state index contributed by atoms with van der Waals surface area (Å²) in [5.41, 5.74) is 1.33. The molecule has 3 rings (SSSR count). The van der Waals surface area contributed by atoms with Gasteiger partial charge in [-0.2, -0.15) is 0 Å². The topological polar surface area (TPSA) is 73.9 Å². The fraction of sp³-hybridized carbons (Fsp3) is 0.417. The summed E-state index contributed by atoms with van der Waals surface area (Å²) in [4.78, 5) is 24.3. The van der Waals surface area contributed by atoms with Crippen LogP contribution in [0.4, 0.5) is 0 Å². The number of rotatable bonds is 9. The Bertz CT molecular complexity index is 831. The van der Waals surface area contributed by atoms with Gasteiger partial charge in [-0.05, 0) is 42.5 Å². The minimum Gasteiger partial charge on any atom is -0.493 e. The summed E-state index contributed by atoms with van der Waals surface area (Å²) in [6.45, 7) is 0.750. The summed E-state index contributed by atoms with van der Waals surface area (Å²) in [6, 6.07) is 14.6. The van der Waals surface area contributed by atoms with Crippen molar-refractivity contribution in [2.75, 3.05) is 20.3 Å². The summed E-state index contributed by atoms with van der Waals surface area (Å²) < 4.78 is 16.3. The zero-order chi connectivity index (χ0) is 21.2. The Morgan fingerprint density at radius 2 is 1.77 bits per heavy atom. The Labute approximate surface area is 177 Å². The first kappa shape index (κ1) is 21.7. The van der Waals surface area contributed by atoms with E-state index in [4.69, 9.17) is 14.2 Å². The molecule has 0 aliphatic heterocycles. The second-order valence-electron chi connectivity index (χ2n) is 7.52. The van der Waals surface area contributed by atoms with Crippen LogP contribution in [0.2, 0.25) is 0 Å². The van der Waals surface area contributed by atoms with E-state index >= 15 is 0 Å². The van der Waals surface area contributed by atoms with Crippen molar-refractivity contribution < 1.29 is 23.8 Å².